The number of halogens is 1. The number of urea groups is 1. The molecule has 2 aromatic carbocycles. The van der Waals surface area contributed by atoms with Gasteiger partial charge in [0, 0.05) is 16.7 Å². The Labute approximate surface area is 225 Å². The van der Waals surface area contributed by atoms with Gasteiger partial charge in [0.1, 0.15) is 0 Å². The van der Waals surface area contributed by atoms with Crippen molar-refractivity contribution in [2.24, 2.45) is 5.92 Å². The largest absolute Gasteiger partial charge is 0.481 e. The van der Waals surface area contributed by atoms with Gasteiger partial charge in [-0.15, -0.1) is 0 Å². The fourth-order valence-electron chi connectivity index (χ4n) is 5.15. The number of likely N-dealkylation sites (tertiary alicyclic amines) is 1. The van der Waals surface area contributed by atoms with E-state index in [-0.39, 0.29) is 30.0 Å². The summed E-state index contributed by atoms with van der Waals surface area (Å²) in [6, 6.07) is 12.8. The van der Waals surface area contributed by atoms with Crippen molar-refractivity contribution in [3.63, 3.8) is 0 Å². The molecule has 0 spiro atoms. The Kier molecular flexibility index (Phi) is 9.21. The Morgan fingerprint density at radius 1 is 1.03 bits per heavy atom. The van der Waals surface area contributed by atoms with Crippen LogP contribution in [0.15, 0.2) is 46.9 Å². The Balaban J connectivity index is 1.27. The molecule has 2 aromatic rings. The zero-order valence-electron chi connectivity index (χ0n) is 21.0. The van der Waals surface area contributed by atoms with Gasteiger partial charge in [-0.2, -0.15) is 0 Å². The maximum absolute atomic E-state index is 13.1. The van der Waals surface area contributed by atoms with Gasteiger partial charge in [0.05, 0.1) is 36.8 Å². The highest BCUT2D eigenvalue weighted by molar-refractivity contribution is 9.10. The number of anilines is 2. The van der Waals surface area contributed by atoms with E-state index in [4.69, 9.17) is 4.74 Å². The number of nitrogens with zero attached hydrogens (tertiary/aromatic N) is 1. The molecule has 4 rings (SSSR count). The van der Waals surface area contributed by atoms with E-state index < -0.39 is 5.97 Å². The summed E-state index contributed by atoms with van der Waals surface area (Å²) >= 11 is 3.42. The lowest BCUT2D eigenvalue weighted by Crippen LogP contribution is -2.40. The zero-order valence-corrected chi connectivity index (χ0v) is 22.6. The second kappa shape index (κ2) is 12.6. The SMILES string of the molecule is Cc1cc(CC(=O)N2CCCC2COC2CCC(C(=O)O)CC2)ccc1NC(=O)Nc1ccccc1Br. The first-order valence-electron chi connectivity index (χ1n) is 12.9. The van der Waals surface area contributed by atoms with Gasteiger partial charge >= 0.3 is 12.0 Å². The van der Waals surface area contributed by atoms with Gasteiger partial charge in [-0.3, -0.25) is 9.59 Å². The summed E-state index contributed by atoms with van der Waals surface area (Å²) in [5, 5.41) is 14.9. The van der Waals surface area contributed by atoms with Crippen LogP contribution in [0.3, 0.4) is 0 Å². The number of amides is 3. The molecule has 2 fully saturated rings. The van der Waals surface area contributed by atoms with Gasteiger partial charge in [-0.05, 0) is 90.7 Å². The van der Waals surface area contributed by atoms with E-state index in [1.165, 1.54) is 0 Å². The quantitative estimate of drug-likeness (QED) is 0.382. The number of aryl methyl sites for hydroxylation is 1. The maximum atomic E-state index is 13.1. The summed E-state index contributed by atoms with van der Waals surface area (Å²) in [4.78, 5) is 38.6. The lowest BCUT2D eigenvalue weighted by molar-refractivity contribution is -0.144. The topological polar surface area (TPSA) is 108 Å². The first-order valence-corrected chi connectivity index (χ1v) is 13.7. The Bertz CT molecular complexity index is 1130. The number of benzene rings is 2. The first kappa shape index (κ1) is 27.1. The second-order valence-electron chi connectivity index (χ2n) is 9.91. The molecule has 1 saturated carbocycles. The van der Waals surface area contributed by atoms with E-state index in [0.29, 0.717) is 37.2 Å². The van der Waals surface area contributed by atoms with Crippen molar-refractivity contribution in [2.75, 3.05) is 23.8 Å². The van der Waals surface area contributed by atoms with E-state index in [1.807, 2.05) is 54.3 Å². The van der Waals surface area contributed by atoms with Crippen LogP contribution < -0.4 is 10.6 Å². The molecule has 8 nitrogen and oxygen atoms in total. The average Bonchev–Trinajstić information content (AvgIpc) is 3.35. The number of hydrogen-bond donors (Lipinski definition) is 3. The molecule has 1 atom stereocenters. The van der Waals surface area contributed by atoms with Crippen molar-refractivity contribution in [1.29, 1.82) is 0 Å². The monoisotopic (exact) mass is 571 g/mol. The van der Waals surface area contributed by atoms with Gasteiger partial charge < -0.3 is 25.4 Å². The van der Waals surface area contributed by atoms with E-state index in [0.717, 1.165) is 47.8 Å². The smallest absolute Gasteiger partial charge is 0.323 e. The van der Waals surface area contributed by atoms with Gasteiger partial charge in [-0.25, -0.2) is 4.79 Å². The first-order chi connectivity index (χ1) is 17.8. The van der Waals surface area contributed by atoms with Gasteiger partial charge in [-0.1, -0.05) is 24.3 Å². The average molecular weight is 573 g/mol. The molecule has 1 saturated heterocycles. The summed E-state index contributed by atoms with van der Waals surface area (Å²) in [5.74, 6) is -0.893. The van der Waals surface area contributed by atoms with Crippen LogP contribution in [0, 0.1) is 12.8 Å². The maximum Gasteiger partial charge on any atom is 0.323 e. The number of nitrogens with one attached hydrogen (secondary N) is 2. The van der Waals surface area contributed by atoms with Crippen LogP contribution in [0.5, 0.6) is 0 Å². The Morgan fingerprint density at radius 2 is 1.76 bits per heavy atom. The van der Waals surface area contributed by atoms with Gasteiger partial charge in [0.15, 0.2) is 0 Å². The van der Waals surface area contributed by atoms with Crippen molar-refractivity contribution in [2.45, 2.75) is 64.0 Å². The van der Waals surface area contributed by atoms with E-state index in [9.17, 15) is 19.5 Å². The number of carbonyl (C=O) groups is 3. The fraction of sp³-hybridized carbons (Fsp3) is 0.464. The normalized spacial score (nSPS) is 21.5. The van der Waals surface area contributed by atoms with Crippen molar-refractivity contribution in [1.82, 2.24) is 4.90 Å². The minimum Gasteiger partial charge on any atom is -0.481 e. The fourth-order valence-corrected chi connectivity index (χ4v) is 5.54. The third-order valence-corrected chi connectivity index (χ3v) is 7.95. The predicted molar refractivity (Wildman–Crippen MR) is 146 cm³/mol. The van der Waals surface area contributed by atoms with E-state index in [1.54, 1.807) is 0 Å². The minimum absolute atomic E-state index is 0.0627. The molecule has 9 heteroatoms. The van der Waals surface area contributed by atoms with Crippen LogP contribution >= 0.6 is 15.9 Å². The summed E-state index contributed by atoms with van der Waals surface area (Å²) in [6.45, 7) is 3.14. The van der Waals surface area contributed by atoms with E-state index >= 15 is 0 Å². The minimum atomic E-state index is -0.714. The standard InChI is InChI=1S/C28H34BrN3O5/c1-18-15-19(8-13-24(18)30-28(36)31-25-7-3-2-6-23(25)29)16-26(33)32-14-4-5-21(32)17-37-22-11-9-20(10-12-22)27(34)35/h2-3,6-8,13,15,20-22H,4-5,9-12,14,16-17H2,1H3,(H,34,35)(H2,30,31,36). The molecule has 0 aromatic heterocycles. The number of aliphatic carboxylic acids is 1. The number of carboxylic acid groups (broad SMARTS) is 1. The van der Waals surface area contributed by atoms with Crippen LogP contribution in [0.1, 0.15) is 49.7 Å². The zero-order chi connectivity index (χ0) is 26.4. The molecule has 1 heterocycles. The van der Waals surface area contributed by atoms with Crippen LogP contribution in [0.4, 0.5) is 16.2 Å². The number of rotatable bonds is 8. The third-order valence-electron chi connectivity index (χ3n) is 7.26. The lowest BCUT2D eigenvalue weighted by Gasteiger charge is -2.30. The molecule has 198 valence electrons. The van der Waals surface area contributed by atoms with Crippen LogP contribution in [0.25, 0.3) is 0 Å². The second-order valence-corrected chi connectivity index (χ2v) is 10.8. The highest BCUT2D eigenvalue weighted by atomic mass is 79.9. The van der Waals surface area contributed by atoms with Gasteiger partial charge in [0.25, 0.3) is 0 Å². The lowest BCUT2D eigenvalue weighted by atomic mass is 9.87. The molecule has 37 heavy (non-hydrogen) atoms. The molecular formula is C28H34BrN3O5. The van der Waals surface area contributed by atoms with Crippen LogP contribution in [-0.4, -0.2) is 53.2 Å². The highest BCUT2D eigenvalue weighted by Gasteiger charge is 2.31. The molecule has 2 aliphatic rings. The van der Waals surface area contributed by atoms with Crippen LogP contribution in [-0.2, 0) is 20.7 Å². The number of carbonyl (C=O) groups excluding carboxylic acids is 2. The Morgan fingerprint density at radius 3 is 2.46 bits per heavy atom. The number of hydrogen-bond acceptors (Lipinski definition) is 4. The van der Waals surface area contributed by atoms with Crippen molar-refractivity contribution in [3.8, 4) is 0 Å². The third kappa shape index (κ3) is 7.32. The Hall–Kier alpha value is -2.91. The molecule has 0 radical (unpaired) electrons. The van der Waals surface area contributed by atoms with Crippen LogP contribution in [0.2, 0.25) is 0 Å². The van der Waals surface area contributed by atoms with Crippen molar-refractivity contribution >= 4 is 45.2 Å². The number of para-hydroxylation sites is 1. The highest BCUT2D eigenvalue weighted by Crippen LogP contribution is 2.28. The van der Waals surface area contributed by atoms with Crippen molar-refractivity contribution in [3.05, 3.63) is 58.1 Å². The molecule has 3 amide bonds. The number of ether oxygens (including phenoxy) is 1. The molecular weight excluding hydrogens is 538 g/mol. The number of carboxylic acids is 1. The van der Waals surface area contributed by atoms with Crippen molar-refractivity contribution < 1.29 is 24.2 Å². The summed E-state index contributed by atoms with van der Waals surface area (Å²) in [7, 11) is 0. The van der Waals surface area contributed by atoms with E-state index in [2.05, 4.69) is 26.6 Å². The molecule has 3 N–H and O–H groups in total. The predicted octanol–water partition coefficient (Wildman–Crippen LogP) is 5.60. The molecule has 0 bridgehead atoms. The molecule has 1 aliphatic carbocycles. The molecule has 1 unspecified atom stereocenters. The summed E-state index contributed by atoms with van der Waals surface area (Å²) in [5.41, 5.74) is 3.14. The molecule has 1 aliphatic heterocycles. The summed E-state index contributed by atoms with van der Waals surface area (Å²) < 4.78 is 6.91. The summed E-state index contributed by atoms with van der Waals surface area (Å²) in [6.07, 6.45) is 5.09. The van der Waals surface area contributed by atoms with Gasteiger partial charge in [0.2, 0.25) is 5.91 Å².